The molecule has 8 heteroatoms. The van der Waals surface area contributed by atoms with Crippen LogP contribution in [0.3, 0.4) is 0 Å². The van der Waals surface area contributed by atoms with Gasteiger partial charge < -0.3 is 13.7 Å². The predicted octanol–water partition coefficient (Wildman–Crippen LogP) is 4.27. The second-order valence-electron chi connectivity index (χ2n) is 8.23. The molecule has 0 N–H and O–H groups in total. The summed E-state index contributed by atoms with van der Waals surface area (Å²) in [5.74, 6) is 0.696. The van der Waals surface area contributed by atoms with Gasteiger partial charge in [-0.15, -0.1) is 0 Å². The Bertz CT molecular complexity index is 1320. The fraction of sp³-hybridized carbons (Fsp3) is 0.280. The molecule has 0 bridgehead atoms. The van der Waals surface area contributed by atoms with Gasteiger partial charge in [0.2, 0.25) is 0 Å². The lowest BCUT2D eigenvalue weighted by atomic mass is 9.83. The number of benzene rings is 3. The molecule has 0 radical (unpaired) electrons. The second-order valence-corrected chi connectivity index (χ2v) is 9.78. The molecular weight excluding hydrogens is 445 g/mol. The van der Waals surface area contributed by atoms with Crippen LogP contribution in [0.15, 0.2) is 59.5 Å². The molecule has 0 saturated heterocycles. The first-order valence-electron chi connectivity index (χ1n) is 10.7. The molecule has 33 heavy (non-hydrogen) atoms. The smallest absolute Gasteiger partial charge is 0.339 e. The molecule has 3 aromatic carbocycles. The fourth-order valence-electron chi connectivity index (χ4n) is 4.75. The van der Waals surface area contributed by atoms with Crippen LogP contribution in [-0.4, -0.2) is 34.1 Å². The van der Waals surface area contributed by atoms with E-state index in [1.54, 1.807) is 13.2 Å². The Balaban J connectivity index is 1.53. The highest BCUT2D eigenvalue weighted by Gasteiger charge is 2.35. The van der Waals surface area contributed by atoms with Crippen LogP contribution in [0.4, 0.5) is 4.39 Å². The van der Waals surface area contributed by atoms with Crippen molar-refractivity contribution in [3.8, 4) is 17.2 Å². The summed E-state index contributed by atoms with van der Waals surface area (Å²) in [4.78, 5) is 2.09. The standard InChI is InChI=1S/C25H24FNO5S/c1-30-19-7-8-21-17(12-19)10-11-27-15-22-16(13-23(21)27)6-9-24(31-2)25(22)32-33(28,29)20-5-3-4-18(26)14-20/h3-9,12,14,23H,10-11,13,15H2,1-2H3/t23-/m1/s1. The highest BCUT2D eigenvalue weighted by Crippen LogP contribution is 2.45. The number of hydrogen-bond acceptors (Lipinski definition) is 6. The van der Waals surface area contributed by atoms with E-state index in [2.05, 4.69) is 17.0 Å². The molecule has 0 fully saturated rings. The van der Waals surface area contributed by atoms with Gasteiger partial charge in [0.25, 0.3) is 0 Å². The Hall–Kier alpha value is -3.10. The molecule has 0 amide bonds. The van der Waals surface area contributed by atoms with E-state index >= 15 is 0 Å². The van der Waals surface area contributed by atoms with Gasteiger partial charge in [-0.2, -0.15) is 8.42 Å². The topological polar surface area (TPSA) is 65.1 Å². The molecule has 0 aromatic heterocycles. The van der Waals surface area contributed by atoms with Gasteiger partial charge in [-0.1, -0.05) is 18.2 Å². The minimum atomic E-state index is -4.24. The van der Waals surface area contributed by atoms with Crippen molar-refractivity contribution in [2.45, 2.75) is 30.3 Å². The number of fused-ring (bicyclic) bond motifs is 4. The van der Waals surface area contributed by atoms with Gasteiger partial charge in [-0.3, -0.25) is 4.90 Å². The number of hydrogen-bond donors (Lipinski definition) is 0. The fourth-order valence-corrected chi connectivity index (χ4v) is 5.75. The third-order valence-corrected chi connectivity index (χ3v) is 7.63. The number of nitrogens with zero attached hydrogens (tertiary/aromatic N) is 1. The maximum absolute atomic E-state index is 13.7. The maximum atomic E-state index is 13.7. The molecule has 2 aliphatic heterocycles. The third-order valence-electron chi connectivity index (χ3n) is 6.41. The Morgan fingerprint density at radius 1 is 1.00 bits per heavy atom. The zero-order valence-electron chi connectivity index (χ0n) is 18.4. The molecule has 2 heterocycles. The number of ether oxygens (including phenoxy) is 2. The Morgan fingerprint density at radius 3 is 2.61 bits per heavy atom. The summed E-state index contributed by atoms with van der Waals surface area (Å²) in [5.41, 5.74) is 4.32. The lowest BCUT2D eigenvalue weighted by molar-refractivity contribution is 0.159. The minimum absolute atomic E-state index is 0.165. The van der Waals surface area contributed by atoms with Crippen LogP contribution in [0.25, 0.3) is 0 Å². The van der Waals surface area contributed by atoms with Crippen LogP contribution in [0, 0.1) is 5.82 Å². The molecule has 5 rings (SSSR count). The summed E-state index contributed by atoms with van der Waals surface area (Å²) in [6.45, 7) is 1.36. The highest BCUT2D eigenvalue weighted by atomic mass is 32.2. The lowest BCUT2D eigenvalue weighted by Crippen LogP contribution is -2.39. The Morgan fingerprint density at radius 2 is 1.85 bits per heavy atom. The minimum Gasteiger partial charge on any atom is -0.497 e. The molecule has 2 aliphatic rings. The van der Waals surface area contributed by atoms with Crippen molar-refractivity contribution in [2.24, 2.45) is 0 Å². The van der Waals surface area contributed by atoms with Crippen molar-refractivity contribution >= 4 is 10.1 Å². The van der Waals surface area contributed by atoms with E-state index in [-0.39, 0.29) is 16.7 Å². The molecule has 1 atom stereocenters. The summed E-state index contributed by atoms with van der Waals surface area (Å²) in [7, 11) is -1.10. The van der Waals surface area contributed by atoms with E-state index in [1.165, 1.54) is 36.4 Å². The molecule has 0 spiro atoms. The average molecular weight is 470 g/mol. The molecule has 3 aromatic rings. The van der Waals surface area contributed by atoms with Crippen molar-refractivity contribution in [1.82, 2.24) is 4.90 Å². The van der Waals surface area contributed by atoms with Crippen LogP contribution in [0.2, 0.25) is 0 Å². The molecule has 0 unspecified atom stereocenters. The largest absolute Gasteiger partial charge is 0.497 e. The zero-order chi connectivity index (χ0) is 23.2. The van der Waals surface area contributed by atoms with E-state index < -0.39 is 15.9 Å². The zero-order valence-corrected chi connectivity index (χ0v) is 19.2. The SMILES string of the molecule is COc1ccc2c(c1)CCN1Cc3c(ccc(OC)c3OS(=O)(=O)c3cccc(F)c3)C[C@H]21. The van der Waals surface area contributed by atoms with Crippen molar-refractivity contribution < 1.29 is 26.5 Å². The number of rotatable bonds is 5. The van der Waals surface area contributed by atoms with Crippen molar-refractivity contribution in [1.29, 1.82) is 0 Å². The van der Waals surface area contributed by atoms with Gasteiger partial charge >= 0.3 is 10.1 Å². The van der Waals surface area contributed by atoms with E-state index in [0.29, 0.717) is 12.3 Å². The van der Waals surface area contributed by atoms with Gasteiger partial charge in [0.15, 0.2) is 11.5 Å². The first kappa shape index (κ1) is 21.7. The van der Waals surface area contributed by atoms with Crippen LogP contribution in [0.5, 0.6) is 17.2 Å². The monoisotopic (exact) mass is 469 g/mol. The van der Waals surface area contributed by atoms with Gasteiger partial charge in [0.1, 0.15) is 16.5 Å². The van der Waals surface area contributed by atoms with E-state index in [9.17, 15) is 12.8 Å². The maximum Gasteiger partial charge on any atom is 0.339 e. The summed E-state index contributed by atoms with van der Waals surface area (Å²) < 4.78 is 55.9. The summed E-state index contributed by atoms with van der Waals surface area (Å²) in [6.07, 6.45) is 1.59. The molecule has 6 nitrogen and oxygen atoms in total. The summed E-state index contributed by atoms with van der Waals surface area (Å²) >= 11 is 0. The van der Waals surface area contributed by atoms with Crippen molar-refractivity contribution in [2.75, 3.05) is 20.8 Å². The normalized spacial score (nSPS) is 17.5. The molecule has 172 valence electrons. The third kappa shape index (κ3) is 3.94. The first-order valence-corrected chi connectivity index (χ1v) is 12.1. The van der Waals surface area contributed by atoms with Crippen LogP contribution < -0.4 is 13.7 Å². The summed E-state index contributed by atoms with van der Waals surface area (Å²) in [6, 6.07) is 14.9. The predicted molar refractivity (Wildman–Crippen MR) is 121 cm³/mol. The highest BCUT2D eigenvalue weighted by molar-refractivity contribution is 7.87. The number of methoxy groups -OCH3 is 2. The van der Waals surface area contributed by atoms with Gasteiger partial charge in [-0.25, -0.2) is 4.39 Å². The van der Waals surface area contributed by atoms with Crippen molar-refractivity contribution in [3.63, 3.8) is 0 Å². The second kappa shape index (κ2) is 8.35. The van der Waals surface area contributed by atoms with E-state index in [0.717, 1.165) is 42.3 Å². The van der Waals surface area contributed by atoms with Crippen LogP contribution in [-0.2, 0) is 29.5 Å². The molecular formula is C25H24FNO5S. The lowest BCUT2D eigenvalue weighted by Gasteiger charge is -2.42. The van der Waals surface area contributed by atoms with Crippen LogP contribution >= 0.6 is 0 Å². The van der Waals surface area contributed by atoms with E-state index in [1.807, 2.05) is 12.1 Å². The average Bonchev–Trinajstić information content (AvgIpc) is 2.82. The van der Waals surface area contributed by atoms with Gasteiger partial charge in [0, 0.05) is 24.7 Å². The summed E-state index contributed by atoms with van der Waals surface area (Å²) in [5, 5.41) is 0. The molecule has 0 saturated carbocycles. The van der Waals surface area contributed by atoms with Gasteiger partial charge in [-0.05, 0) is 65.9 Å². The Labute approximate surface area is 192 Å². The number of halogens is 1. The van der Waals surface area contributed by atoms with Crippen LogP contribution in [0.1, 0.15) is 28.3 Å². The van der Waals surface area contributed by atoms with Gasteiger partial charge in [0.05, 0.1) is 14.2 Å². The Kier molecular flexibility index (Phi) is 5.50. The molecule has 0 aliphatic carbocycles. The van der Waals surface area contributed by atoms with Crippen molar-refractivity contribution in [3.05, 3.63) is 82.7 Å². The van der Waals surface area contributed by atoms with E-state index in [4.69, 9.17) is 13.7 Å². The first-order chi connectivity index (χ1) is 15.9. The quantitative estimate of drug-likeness (QED) is 0.520.